The zero-order valence-corrected chi connectivity index (χ0v) is 16.8. The van der Waals surface area contributed by atoms with Crippen molar-refractivity contribution in [2.45, 2.75) is 33.0 Å². The SMILES string of the molecule is Cc1cc(=O)cc(C)n1C=Cc1ccc(OC(F)F)c(OC2CCS(=O)(=O)C2)c1. The van der Waals surface area contributed by atoms with Gasteiger partial charge in [-0.25, -0.2) is 8.42 Å². The van der Waals surface area contributed by atoms with E-state index in [-0.39, 0.29) is 28.4 Å². The Kier molecular flexibility index (Phi) is 6.07. The Bertz CT molecular complexity index is 1070. The molecule has 0 amide bonds. The molecule has 0 spiro atoms. The molecule has 1 aliphatic rings. The van der Waals surface area contributed by atoms with Gasteiger partial charge in [0.1, 0.15) is 6.10 Å². The first-order valence-corrected chi connectivity index (χ1v) is 10.8. The van der Waals surface area contributed by atoms with Crippen molar-refractivity contribution in [3.8, 4) is 11.5 Å². The molecule has 1 aliphatic heterocycles. The summed E-state index contributed by atoms with van der Waals surface area (Å²) >= 11 is 0. The standard InChI is InChI=1S/C20H21F2NO5S/c1-13-9-16(24)10-14(2)23(13)7-5-15-3-4-18(28-20(21)22)19(11-15)27-17-6-8-29(25,26)12-17/h3-5,7,9-11,17,20H,6,8,12H2,1-2H3. The van der Waals surface area contributed by atoms with Crippen molar-refractivity contribution in [1.29, 1.82) is 0 Å². The van der Waals surface area contributed by atoms with Gasteiger partial charge in [0.25, 0.3) is 0 Å². The number of benzene rings is 1. The number of sulfone groups is 1. The van der Waals surface area contributed by atoms with Crippen LogP contribution in [-0.2, 0) is 9.84 Å². The molecule has 1 atom stereocenters. The first-order chi connectivity index (χ1) is 13.6. The van der Waals surface area contributed by atoms with E-state index in [4.69, 9.17) is 4.74 Å². The summed E-state index contributed by atoms with van der Waals surface area (Å²) < 4.78 is 60.7. The molecule has 0 saturated carbocycles. The van der Waals surface area contributed by atoms with Crippen LogP contribution in [0.3, 0.4) is 0 Å². The van der Waals surface area contributed by atoms with Crippen molar-refractivity contribution in [3.63, 3.8) is 0 Å². The Morgan fingerprint density at radius 1 is 1.14 bits per heavy atom. The fraction of sp³-hybridized carbons (Fsp3) is 0.350. The number of aryl methyl sites for hydroxylation is 2. The van der Waals surface area contributed by atoms with Gasteiger partial charge in [-0.15, -0.1) is 0 Å². The molecule has 156 valence electrons. The normalized spacial score (nSPS) is 18.4. The summed E-state index contributed by atoms with van der Waals surface area (Å²) in [6.45, 7) is 0.568. The number of ether oxygens (including phenoxy) is 2. The summed E-state index contributed by atoms with van der Waals surface area (Å²) in [4.78, 5) is 11.5. The maximum absolute atomic E-state index is 12.7. The highest BCUT2D eigenvalue weighted by Gasteiger charge is 2.30. The van der Waals surface area contributed by atoms with Crippen LogP contribution in [0, 0.1) is 13.8 Å². The first-order valence-electron chi connectivity index (χ1n) is 8.97. The van der Waals surface area contributed by atoms with Crippen LogP contribution in [0.4, 0.5) is 8.78 Å². The Labute approximate surface area is 167 Å². The predicted molar refractivity (Wildman–Crippen MR) is 106 cm³/mol. The van der Waals surface area contributed by atoms with Crippen molar-refractivity contribution in [2.75, 3.05) is 11.5 Å². The Morgan fingerprint density at radius 3 is 2.41 bits per heavy atom. The number of aromatic nitrogens is 1. The van der Waals surface area contributed by atoms with Crippen LogP contribution < -0.4 is 14.9 Å². The molecular weight excluding hydrogens is 404 g/mol. The summed E-state index contributed by atoms with van der Waals surface area (Å²) in [5.41, 5.74) is 2.05. The third kappa shape index (κ3) is 5.44. The molecule has 1 saturated heterocycles. The van der Waals surface area contributed by atoms with E-state index in [1.807, 2.05) is 4.57 Å². The fourth-order valence-corrected chi connectivity index (χ4v) is 4.80. The maximum Gasteiger partial charge on any atom is 0.387 e. The molecule has 29 heavy (non-hydrogen) atoms. The zero-order valence-electron chi connectivity index (χ0n) is 16.0. The highest BCUT2D eigenvalue weighted by Crippen LogP contribution is 2.33. The average Bonchev–Trinajstić information content (AvgIpc) is 2.94. The number of alkyl halides is 2. The van der Waals surface area contributed by atoms with Gasteiger partial charge >= 0.3 is 6.61 Å². The van der Waals surface area contributed by atoms with Gasteiger partial charge in [-0.1, -0.05) is 6.07 Å². The molecule has 3 rings (SSSR count). The van der Waals surface area contributed by atoms with Crippen LogP contribution in [-0.4, -0.2) is 37.2 Å². The van der Waals surface area contributed by atoms with E-state index in [1.165, 1.54) is 24.3 Å². The van der Waals surface area contributed by atoms with E-state index < -0.39 is 22.6 Å². The molecular formula is C20H21F2NO5S. The largest absolute Gasteiger partial charge is 0.485 e. The van der Waals surface area contributed by atoms with Gasteiger partial charge < -0.3 is 14.0 Å². The molecule has 1 fully saturated rings. The maximum atomic E-state index is 12.7. The highest BCUT2D eigenvalue weighted by molar-refractivity contribution is 7.91. The number of halogens is 2. The molecule has 0 radical (unpaired) electrons. The van der Waals surface area contributed by atoms with Gasteiger partial charge in [0.05, 0.1) is 11.5 Å². The lowest BCUT2D eigenvalue weighted by Gasteiger charge is -2.16. The number of pyridine rings is 1. The first kappa shape index (κ1) is 21.0. The van der Waals surface area contributed by atoms with Gasteiger partial charge in [-0.05, 0) is 44.0 Å². The monoisotopic (exact) mass is 425 g/mol. The van der Waals surface area contributed by atoms with Crippen molar-refractivity contribution in [3.05, 3.63) is 57.5 Å². The van der Waals surface area contributed by atoms with Crippen molar-refractivity contribution in [1.82, 2.24) is 4.57 Å². The second kappa shape index (κ2) is 8.36. The van der Waals surface area contributed by atoms with E-state index in [0.29, 0.717) is 12.0 Å². The summed E-state index contributed by atoms with van der Waals surface area (Å²) in [7, 11) is -3.18. The molecule has 2 heterocycles. The lowest BCUT2D eigenvalue weighted by atomic mass is 10.2. The molecule has 0 N–H and O–H groups in total. The molecule has 1 unspecified atom stereocenters. The number of hydrogen-bond donors (Lipinski definition) is 0. The molecule has 0 bridgehead atoms. The minimum atomic E-state index is -3.18. The highest BCUT2D eigenvalue weighted by atomic mass is 32.2. The smallest absolute Gasteiger partial charge is 0.387 e. The van der Waals surface area contributed by atoms with Gasteiger partial charge in [-0.3, -0.25) is 4.79 Å². The Hall–Kier alpha value is -2.68. The molecule has 1 aromatic heterocycles. The van der Waals surface area contributed by atoms with E-state index in [1.54, 1.807) is 32.2 Å². The van der Waals surface area contributed by atoms with Crippen molar-refractivity contribution >= 4 is 22.1 Å². The Balaban J connectivity index is 1.89. The Morgan fingerprint density at radius 2 is 1.83 bits per heavy atom. The summed E-state index contributed by atoms with van der Waals surface area (Å²) in [6.07, 6.45) is 3.17. The fourth-order valence-electron chi connectivity index (χ4n) is 3.21. The third-order valence-corrected chi connectivity index (χ3v) is 6.28. The van der Waals surface area contributed by atoms with Gasteiger partial charge in [-0.2, -0.15) is 8.78 Å². The van der Waals surface area contributed by atoms with E-state index in [2.05, 4.69) is 4.74 Å². The number of rotatable bonds is 6. The minimum absolute atomic E-state index is 0.00714. The number of nitrogens with zero attached hydrogens (tertiary/aromatic N) is 1. The summed E-state index contributed by atoms with van der Waals surface area (Å²) in [5.74, 6) is -0.246. The van der Waals surface area contributed by atoms with E-state index in [0.717, 1.165) is 11.4 Å². The van der Waals surface area contributed by atoms with Crippen molar-refractivity contribution < 1.29 is 26.7 Å². The van der Waals surface area contributed by atoms with Crippen LogP contribution in [0.2, 0.25) is 0 Å². The topological polar surface area (TPSA) is 74.6 Å². The van der Waals surface area contributed by atoms with E-state index >= 15 is 0 Å². The van der Waals surface area contributed by atoms with Crippen LogP contribution in [0.1, 0.15) is 23.4 Å². The van der Waals surface area contributed by atoms with Crippen LogP contribution in [0.5, 0.6) is 11.5 Å². The van der Waals surface area contributed by atoms with Crippen LogP contribution in [0.25, 0.3) is 12.3 Å². The lowest BCUT2D eigenvalue weighted by Crippen LogP contribution is -2.18. The second-order valence-corrected chi connectivity index (χ2v) is 9.12. The quantitative estimate of drug-likeness (QED) is 0.710. The second-order valence-electron chi connectivity index (χ2n) is 6.89. The van der Waals surface area contributed by atoms with Gasteiger partial charge in [0.15, 0.2) is 26.8 Å². The van der Waals surface area contributed by atoms with Crippen molar-refractivity contribution in [2.24, 2.45) is 0 Å². The van der Waals surface area contributed by atoms with Gasteiger partial charge in [0.2, 0.25) is 0 Å². The molecule has 2 aromatic rings. The molecule has 6 nitrogen and oxygen atoms in total. The minimum Gasteiger partial charge on any atom is -0.485 e. The molecule has 1 aromatic carbocycles. The predicted octanol–water partition coefficient (Wildman–Crippen LogP) is 3.26. The number of hydrogen-bond acceptors (Lipinski definition) is 5. The van der Waals surface area contributed by atoms with Crippen LogP contribution in [0.15, 0.2) is 35.1 Å². The van der Waals surface area contributed by atoms with Crippen LogP contribution >= 0.6 is 0 Å². The lowest BCUT2D eigenvalue weighted by molar-refractivity contribution is -0.0519. The zero-order chi connectivity index (χ0) is 21.2. The van der Waals surface area contributed by atoms with Gasteiger partial charge in [0, 0.05) is 29.7 Å². The molecule has 0 aliphatic carbocycles. The average molecular weight is 425 g/mol. The summed E-state index contributed by atoms with van der Waals surface area (Å²) in [5, 5.41) is 0. The molecule has 9 heteroatoms. The summed E-state index contributed by atoms with van der Waals surface area (Å²) in [6, 6.07) is 7.47. The third-order valence-electron chi connectivity index (χ3n) is 4.55. The van der Waals surface area contributed by atoms with E-state index in [9.17, 15) is 22.0 Å².